The molecule has 1 fully saturated rings. The Balaban J connectivity index is 2.14. The number of hydrogen-bond donors (Lipinski definition) is 5. The van der Waals surface area contributed by atoms with Crippen molar-refractivity contribution in [2.45, 2.75) is 109 Å². The van der Waals surface area contributed by atoms with Gasteiger partial charge in [-0.05, 0) is 37.7 Å². The van der Waals surface area contributed by atoms with E-state index in [-0.39, 0.29) is 12.3 Å². The zero-order valence-corrected chi connectivity index (χ0v) is 22.4. The van der Waals surface area contributed by atoms with Crippen LogP contribution < -0.4 is 21.7 Å². The van der Waals surface area contributed by atoms with Crippen molar-refractivity contribution in [2.75, 3.05) is 0 Å². The number of nitrogens with two attached hydrogens (primary N) is 1. The number of amides is 3. The summed E-state index contributed by atoms with van der Waals surface area (Å²) in [6.45, 7) is 5.28. The van der Waals surface area contributed by atoms with Crippen LogP contribution in [-0.4, -0.2) is 52.5 Å². The van der Waals surface area contributed by atoms with E-state index >= 15 is 0 Å². The topological polar surface area (TPSA) is 151 Å². The Labute approximate surface area is 220 Å². The molecule has 0 saturated heterocycles. The number of rotatable bonds is 14. The van der Waals surface area contributed by atoms with Crippen LogP contribution in [0.3, 0.4) is 0 Å². The van der Waals surface area contributed by atoms with Gasteiger partial charge in [0.2, 0.25) is 17.7 Å². The third-order valence-corrected chi connectivity index (χ3v) is 7.28. The van der Waals surface area contributed by atoms with Crippen LogP contribution in [0.15, 0.2) is 30.3 Å². The summed E-state index contributed by atoms with van der Waals surface area (Å²) in [5, 5.41) is 17.9. The van der Waals surface area contributed by atoms with Crippen LogP contribution in [0.25, 0.3) is 0 Å². The minimum atomic E-state index is -1.15. The largest absolute Gasteiger partial charge is 0.480 e. The van der Waals surface area contributed by atoms with E-state index in [4.69, 9.17) is 5.73 Å². The van der Waals surface area contributed by atoms with Crippen molar-refractivity contribution in [1.29, 1.82) is 0 Å². The Kier molecular flexibility index (Phi) is 12.0. The molecule has 1 aliphatic rings. The lowest BCUT2D eigenvalue weighted by atomic mass is 9.84. The molecule has 0 heterocycles. The number of carbonyl (C=O) groups is 4. The zero-order chi connectivity index (χ0) is 27.4. The molecular formula is C28H44N4O5. The van der Waals surface area contributed by atoms with E-state index in [1.165, 1.54) is 0 Å². The van der Waals surface area contributed by atoms with Gasteiger partial charge in [-0.3, -0.25) is 14.4 Å². The molecule has 0 spiro atoms. The summed E-state index contributed by atoms with van der Waals surface area (Å²) in [4.78, 5) is 51.2. The predicted octanol–water partition coefficient (Wildman–Crippen LogP) is 2.67. The van der Waals surface area contributed by atoms with Crippen molar-refractivity contribution in [3.8, 4) is 0 Å². The number of carbonyl (C=O) groups excluding carboxylic acids is 3. The summed E-state index contributed by atoms with van der Waals surface area (Å²) < 4.78 is 0. The molecule has 6 N–H and O–H groups in total. The monoisotopic (exact) mass is 516 g/mol. The maximum absolute atomic E-state index is 13.4. The molecule has 1 saturated carbocycles. The van der Waals surface area contributed by atoms with Gasteiger partial charge in [0.1, 0.15) is 18.1 Å². The number of hydrogen-bond acceptors (Lipinski definition) is 5. The summed E-state index contributed by atoms with van der Waals surface area (Å²) in [6.07, 6.45) is 7.17. The van der Waals surface area contributed by atoms with Crippen molar-refractivity contribution in [3.63, 3.8) is 0 Å². The summed E-state index contributed by atoms with van der Waals surface area (Å²) in [5.41, 5.74) is 5.79. The SMILES string of the molecule is CCC[C@H](NC(=O)[C@H](Cc1ccccc1)NC(=O)[C@@](C)(N)CC)C(=O)N[C@@H](CC1CCCCC1)C(=O)O. The lowest BCUT2D eigenvalue weighted by molar-refractivity contribution is -0.143. The van der Waals surface area contributed by atoms with Crippen molar-refractivity contribution < 1.29 is 24.3 Å². The molecule has 3 amide bonds. The molecule has 0 radical (unpaired) electrons. The Morgan fingerprint density at radius 1 is 0.946 bits per heavy atom. The number of nitrogens with one attached hydrogen (secondary N) is 3. The summed E-state index contributed by atoms with van der Waals surface area (Å²) >= 11 is 0. The van der Waals surface area contributed by atoms with Gasteiger partial charge in [0.25, 0.3) is 0 Å². The number of carboxylic acids is 1. The molecule has 0 bridgehead atoms. The summed E-state index contributed by atoms with van der Waals surface area (Å²) in [5.74, 6) is -2.31. The smallest absolute Gasteiger partial charge is 0.326 e. The first kappa shape index (κ1) is 30.3. The van der Waals surface area contributed by atoms with Gasteiger partial charge in [-0.1, -0.05) is 82.7 Å². The lowest BCUT2D eigenvalue weighted by Crippen LogP contribution is -2.60. The Morgan fingerprint density at radius 2 is 1.54 bits per heavy atom. The third kappa shape index (κ3) is 9.80. The maximum atomic E-state index is 13.4. The highest BCUT2D eigenvalue weighted by Crippen LogP contribution is 2.27. The van der Waals surface area contributed by atoms with E-state index in [1.54, 1.807) is 13.8 Å². The quantitative estimate of drug-likeness (QED) is 0.256. The van der Waals surface area contributed by atoms with E-state index < -0.39 is 47.4 Å². The average molecular weight is 517 g/mol. The first-order chi connectivity index (χ1) is 17.6. The van der Waals surface area contributed by atoms with Gasteiger partial charge in [-0.15, -0.1) is 0 Å². The lowest BCUT2D eigenvalue weighted by Gasteiger charge is -2.28. The normalized spacial score (nSPS) is 18.1. The minimum Gasteiger partial charge on any atom is -0.480 e. The molecule has 1 aliphatic carbocycles. The molecule has 37 heavy (non-hydrogen) atoms. The van der Waals surface area contributed by atoms with E-state index in [0.717, 1.165) is 37.7 Å². The van der Waals surface area contributed by atoms with Crippen LogP contribution in [0.4, 0.5) is 0 Å². The van der Waals surface area contributed by atoms with Gasteiger partial charge < -0.3 is 26.8 Å². The Morgan fingerprint density at radius 3 is 2.11 bits per heavy atom. The molecule has 0 aromatic heterocycles. The molecule has 4 atom stereocenters. The highest BCUT2D eigenvalue weighted by atomic mass is 16.4. The second-order valence-corrected chi connectivity index (χ2v) is 10.5. The van der Waals surface area contributed by atoms with Gasteiger partial charge in [-0.25, -0.2) is 4.79 Å². The van der Waals surface area contributed by atoms with Gasteiger partial charge in [-0.2, -0.15) is 0 Å². The second kappa shape index (κ2) is 14.7. The van der Waals surface area contributed by atoms with Crippen LogP contribution in [0, 0.1) is 5.92 Å². The Bertz CT molecular complexity index is 899. The second-order valence-electron chi connectivity index (χ2n) is 10.5. The standard InChI is InChI=1S/C28H44N4O5/c1-4-12-21(24(33)31-23(26(35)36)18-20-15-10-7-11-16-20)30-25(34)22(17-19-13-8-6-9-14-19)32-27(37)28(3,29)5-2/h6,8-9,13-14,20-23H,4-5,7,10-12,15-18,29H2,1-3H3,(H,30,34)(H,31,33)(H,32,37)(H,35,36)/t21-,22-,23-,28-/m0/s1. The molecule has 9 heteroatoms. The van der Waals surface area contributed by atoms with Crippen LogP contribution in [0.5, 0.6) is 0 Å². The zero-order valence-electron chi connectivity index (χ0n) is 22.4. The predicted molar refractivity (Wildman–Crippen MR) is 143 cm³/mol. The van der Waals surface area contributed by atoms with Gasteiger partial charge in [0.05, 0.1) is 5.54 Å². The first-order valence-corrected chi connectivity index (χ1v) is 13.5. The van der Waals surface area contributed by atoms with Gasteiger partial charge in [0.15, 0.2) is 0 Å². The molecule has 0 unspecified atom stereocenters. The molecule has 1 aromatic carbocycles. The fourth-order valence-electron chi connectivity index (χ4n) is 4.62. The highest BCUT2D eigenvalue weighted by Gasteiger charge is 2.33. The van der Waals surface area contributed by atoms with E-state index in [0.29, 0.717) is 25.7 Å². The van der Waals surface area contributed by atoms with E-state index in [9.17, 15) is 24.3 Å². The summed E-state index contributed by atoms with van der Waals surface area (Å²) in [7, 11) is 0. The van der Waals surface area contributed by atoms with Crippen LogP contribution >= 0.6 is 0 Å². The molecule has 9 nitrogen and oxygen atoms in total. The van der Waals surface area contributed by atoms with E-state index in [1.807, 2.05) is 37.3 Å². The van der Waals surface area contributed by atoms with E-state index in [2.05, 4.69) is 16.0 Å². The van der Waals surface area contributed by atoms with Crippen molar-refractivity contribution in [3.05, 3.63) is 35.9 Å². The molecule has 0 aliphatic heterocycles. The van der Waals surface area contributed by atoms with Crippen molar-refractivity contribution in [1.82, 2.24) is 16.0 Å². The highest BCUT2D eigenvalue weighted by molar-refractivity contribution is 5.95. The Hall–Kier alpha value is -2.94. The minimum absolute atomic E-state index is 0.220. The average Bonchev–Trinajstić information content (AvgIpc) is 2.88. The molecule has 2 rings (SSSR count). The fraction of sp³-hybridized carbons (Fsp3) is 0.643. The molecule has 206 valence electrons. The number of benzene rings is 1. The number of aliphatic carboxylic acids is 1. The fourth-order valence-corrected chi connectivity index (χ4v) is 4.62. The van der Waals surface area contributed by atoms with Crippen molar-refractivity contribution >= 4 is 23.7 Å². The third-order valence-electron chi connectivity index (χ3n) is 7.28. The molecular weight excluding hydrogens is 472 g/mol. The van der Waals surface area contributed by atoms with Gasteiger partial charge >= 0.3 is 5.97 Å². The van der Waals surface area contributed by atoms with Crippen LogP contribution in [0.1, 0.15) is 84.1 Å². The number of carboxylic acid groups (broad SMARTS) is 1. The van der Waals surface area contributed by atoms with Crippen molar-refractivity contribution in [2.24, 2.45) is 11.7 Å². The maximum Gasteiger partial charge on any atom is 0.326 e. The van der Waals surface area contributed by atoms with Crippen LogP contribution in [0.2, 0.25) is 0 Å². The van der Waals surface area contributed by atoms with Gasteiger partial charge in [0, 0.05) is 6.42 Å². The first-order valence-electron chi connectivity index (χ1n) is 13.5. The molecule has 1 aromatic rings. The van der Waals surface area contributed by atoms with Crippen LogP contribution in [-0.2, 0) is 25.6 Å². The summed E-state index contributed by atoms with van der Waals surface area (Å²) in [6, 6.07) is 6.38.